The lowest BCUT2D eigenvalue weighted by molar-refractivity contribution is -0.122. The molecule has 26 heavy (non-hydrogen) atoms. The van der Waals surface area contributed by atoms with E-state index in [4.69, 9.17) is 9.15 Å². The molecule has 1 saturated heterocycles. The average Bonchev–Trinajstić information content (AvgIpc) is 3.22. The van der Waals surface area contributed by atoms with Crippen LogP contribution in [0.1, 0.15) is 17.1 Å². The van der Waals surface area contributed by atoms with E-state index in [1.807, 2.05) is 0 Å². The maximum Gasteiger partial charge on any atom is 0.246 e. The third-order valence-electron chi connectivity index (χ3n) is 4.22. The Bertz CT molecular complexity index is 867. The molecule has 1 amide bonds. The number of rotatable bonds is 6. The molecule has 1 aliphatic heterocycles. The van der Waals surface area contributed by atoms with Crippen LogP contribution in [0.5, 0.6) is 0 Å². The molecule has 0 atom stereocenters. The zero-order valence-electron chi connectivity index (χ0n) is 14.8. The third-order valence-corrected chi connectivity index (χ3v) is 6.37. The van der Waals surface area contributed by atoms with Gasteiger partial charge >= 0.3 is 0 Å². The highest BCUT2D eigenvalue weighted by Gasteiger charge is 2.32. The molecule has 1 aliphatic rings. The second kappa shape index (κ2) is 7.60. The van der Waals surface area contributed by atoms with Gasteiger partial charge in [0.15, 0.2) is 0 Å². The van der Waals surface area contributed by atoms with Crippen LogP contribution >= 0.6 is 0 Å². The fraction of sp³-hybridized carbons (Fsp3) is 0.500. The molecule has 0 bridgehead atoms. The lowest BCUT2D eigenvalue weighted by Gasteiger charge is -2.26. The Morgan fingerprint density at radius 2 is 2.04 bits per heavy atom. The van der Waals surface area contributed by atoms with Crippen molar-refractivity contribution in [2.24, 2.45) is 0 Å². The SMILES string of the molecule is Cc1nn(CC(=O)NCc2ccco2)c(C)c1S(=O)(=O)N1CCOCC1. The molecule has 9 nitrogen and oxygen atoms in total. The number of sulfonamides is 1. The molecule has 0 spiro atoms. The highest BCUT2D eigenvalue weighted by molar-refractivity contribution is 7.89. The largest absolute Gasteiger partial charge is 0.467 e. The Kier molecular flexibility index (Phi) is 5.44. The van der Waals surface area contributed by atoms with E-state index in [2.05, 4.69) is 10.4 Å². The molecule has 0 aromatic carbocycles. The number of nitrogens with zero attached hydrogens (tertiary/aromatic N) is 3. The molecule has 1 fully saturated rings. The summed E-state index contributed by atoms with van der Waals surface area (Å²) < 4.78 is 39.0. The maximum atomic E-state index is 12.9. The lowest BCUT2D eigenvalue weighted by Crippen LogP contribution is -2.41. The van der Waals surface area contributed by atoms with Crippen LogP contribution in [0.15, 0.2) is 27.7 Å². The summed E-state index contributed by atoms with van der Waals surface area (Å²) in [6, 6.07) is 3.50. The minimum absolute atomic E-state index is 0.0635. The number of furan rings is 1. The van der Waals surface area contributed by atoms with E-state index in [1.165, 1.54) is 15.3 Å². The molecule has 2 aromatic rings. The van der Waals surface area contributed by atoms with Crippen molar-refractivity contribution in [1.82, 2.24) is 19.4 Å². The predicted molar refractivity (Wildman–Crippen MR) is 91.8 cm³/mol. The number of nitrogens with one attached hydrogen (secondary N) is 1. The van der Waals surface area contributed by atoms with Crippen LogP contribution in [0.4, 0.5) is 0 Å². The molecular weight excluding hydrogens is 360 g/mol. The molecule has 1 N–H and O–H groups in total. The summed E-state index contributed by atoms with van der Waals surface area (Å²) in [7, 11) is -3.66. The smallest absolute Gasteiger partial charge is 0.246 e. The van der Waals surface area contributed by atoms with Crippen LogP contribution in [-0.4, -0.2) is 54.7 Å². The van der Waals surface area contributed by atoms with Crippen molar-refractivity contribution < 1.29 is 22.4 Å². The van der Waals surface area contributed by atoms with E-state index in [0.717, 1.165) is 0 Å². The number of hydrogen-bond donors (Lipinski definition) is 1. The van der Waals surface area contributed by atoms with Gasteiger partial charge in [-0.15, -0.1) is 0 Å². The van der Waals surface area contributed by atoms with Crippen molar-refractivity contribution in [1.29, 1.82) is 0 Å². The van der Waals surface area contributed by atoms with Crippen LogP contribution in [0.25, 0.3) is 0 Å². The zero-order chi connectivity index (χ0) is 18.7. The van der Waals surface area contributed by atoms with E-state index < -0.39 is 10.0 Å². The number of carbonyl (C=O) groups excluding carboxylic acids is 1. The van der Waals surface area contributed by atoms with Crippen molar-refractivity contribution in [3.05, 3.63) is 35.5 Å². The Morgan fingerprint density at radius 1 is 1.31 bits per heavy atom. The molecule has 10 heteroatoms. The van der Waals surface area contributed by atoms with Gasteiger partial charge in [0, 0.05) is 13.1 Å². The molecule has 2 aromatic heterocycles. The predicted octanol–water partition coefficient (Wildman–Crippen LogP) is 0.430. The second-order valence-corrected chi connectivity index (χ2v) is 7.90. The Balaban J connectivity index is 1.74. The Morgan fingerprint density at radius 3 is 2.69 bits per heavy atom. The van der Waals surface area contributed by atoms with Gasteiger partial charge in [-0.1, -0.05) is 0 Å². The molecule has 3 heterocycles. The van der Waals surface area contributed by atoms with E-state index in [9.17, 15) is 13.2 Å². The monoisotopic (exact) mass is 382 g/mol. The van der Waals surface area contributed by atoms with Gasteiger partial charge in [0.2, 0.25) is 15.9 Å². The third kappa shape index (κ3) is 3.81. The molecule has 0 aliphatic carbocycles. The molecular formula is C16H22N4O5S. The lowest BCUT2D eigenvalue weighted by atomic mass is 10.4. The minimum Gasteiger partial charge on any atom is -0.467 e. The maximum absolute atomic E-state index is 12.9. The van der Waals surface area contributed by atoms with Crippen LogP contribution in [0.2, 0.25) is 0 Å². The summed E-state index contributed by atoms with van der Waals surface area (Å²) in [5, 5.41) is 6.97. The molecule has 0 radical (unpaired) electrons. The summed E-state index contributed by atoms with van der Waals surface area (Å²) in [6.07, 6.45) is 1.53. The Hall–Kier alpha value is -2.17. The van der Waals surface area contributed by atoms with E-state index in [-0.39, 0.29) is 23.9 Å². The number of morpholine rings is 1. The molecule has 0 saturated carbocycles. The topological polar surface area (TPSA) is 107 Å². The summed E-state index contributed by atoms with van der Waals surface area (Å²) in [5.74, 6) is 0.365. The summed E-state index contributed by atoms with van der Waals surface area (Å²) in [6.45, 7) is 4.88. The van der Waals surface area contributed by atoms with Crippen LogP contribution < -0.4 is 5.32 Å². The quantitative estimate of drug-likeness (QED) is 0.776. The molecule has 3 rings (SSSR count). The van der Waals surface area contributed by atoms with E-state index in [0.29, 0.717) is 43.5 Å². The van der Waals surface area contributed by atoms with Gasteiger partial charge in [-0.3, -0.25) is 9.48 Å². The minimum atomic E-state index is -3.66. The fourth-order valence-corrected chi connectivity index (χ4v) is 4.70. The standard InChI is InChI=1S/C16H22N4O5S/c1-12-16(26(22,23)19-5-8-24-9-6-19)13(2)20(18-12)11-15(21)17-10-14-4-3-7-25-14/h3-4,7H,5-6,8-11H2,1-2H3,(H,17,21). The van der Waals surface area contributed by atoms with Crippen molar-refractivity contribution in [2.45, 2.75) is 31.8 Å². The van der Waals surface area contributed by atoms with Gasteiger partial charge in [0.05, 0.1) is 37.4 Å². The number of hydrogen-bond acceptors (Lipinski definition) is 6. The number of amides is 1. The number of aromatic nitrogens is 2. The normalized spacial score (nSPS) is 15.9. The van der Waals surface area contributed by atoms with Gasteiger partial charge in [-0.2, -0.15) is 9.40 Å². The molecule has 0 unspecified atom stereocenters. The van der Waals surface area contributed by atoms with Crippen molar-refractivity contribution in [3.63, 3.8) is 0 Å². The molecule has 142 valence electrons. The fourth-order valence-electron chi connectivity index (χ4n) is 2.91. The van der Waals surface area contributed by atoms with Crippen molar-refractivity contribution in [2.75, 3.05) is 26.3 Å². The summed E-state index contributed by atoms with van der Waals surface area (Å²) in [4.78, 5) is 12.3. The van der Waals surface area contributed by atoms with Crippen LogP contribution in [0.3, 0.4) is 0 Å². The first-order valence-electron chi connectivity index (χ1n) is 8.30. The zero-order valence-corrected chi connectivity index (χ0v) is 15.6. The summed E-state index contributed by atoms with van der Waals surface area (Å²) >= 11 is 0. The van der Waals surface area contributed by atoms with Crippen LogP contribution in [-0.2, 0) is 32.6 Å². The van der Waals surface area contributed by atoms with Gasteiger partial charge in [0.25, 0.3) is 0 Å². The van der Waals surface area contributed by atoms with E-state index >= 15 is 0 Å². The summed E-state index contributed by atoms with van der Waals surface area (Å²) in [5.41, 5.74) is 0.829. The van der Waals surface area contributed by atoms with E-state index in [1.54, 1.807) is 26.0 Å². The first kappa shape index (κ1) is 18.6. The number of aryl methyl sites for hydroxylation is 1. The van der Waals surface area contributed by atoms with Crippen molar-refractivity contribution >= 4 is 15.9 Å². The van der Waals surface area contributed by atoms with Crippen molar-refractivity contribution in [3.8, 4) is 0 Å². The highest BCUT2D eigenvalue weighted by Crippen LogP contribution is 2.24. The van der Waals surface area contributed by atoms with Crippen LogP contribution in [0, 0.1) is 13.8 Å². The van der Waals surface area contributed by atoms with Gasteiger partial charge in [0.1, 0.15) is 17.2 Å². The first-order chi connectivity index (χ1) is 12.4. The van der Waals surface area contributed by atoms with Gasteiger partial charge in [-0.25, -0.2) is 8.42 Å². The van der Waals surface area contributed by atoms with Gasteiger partial charge in [-0.05, 0) is 26.0 Å². The average molecular weight is 382 g/mol. The first-order valence-corrected chi connectivity index (χ1v) is 9.74. The van der Waals surface area contributed by atoms with Gasteiger partial charge < -0.3 is 14.5 Å². The number of carbonyl (C=O) groups is 1. The Labute approximate surface area is 152 Å². The number of ether oxygens (including phenoxy) is 1. The second-order valence-electron chi connectivity index (χ2n) is 6.03. The highest BCUT2D eigenvalue weighted by atomic mass is 32.2.